The van der Waals surface area contributed by atoms with Crippen LogP contribution in [0.3, 0.4) is 0 Å². The van der Waals surface area contributed by atoms with E-state index in [2.05, 4.69) is 61.2 Å². The van der Waals surface area contributed by atoms with Gasteiger partial charge in [0.05, 0.1) is 6.10 Å². The van der Waals surface area contributed by atoms with Crippen molar-refractivity contribution in [1.29, 1.82) is 0 Å². The van der Waals surface area contributed by atoms with Gasteiger partial charge in [-0.3, -0.25) is 4.90 Å². The Hall–Kier alpha value is -1.38. The van der Waals surface area contributed by atoms with Gasteiger partial charge >= 0.3 is 0 Å². The van der Waals surface area contributed by atoms with E-state index in [0.717, 1.165) is 25.1 Å². The molecule has 2 nitrogen and oxygen atoms in total. The molecular formula is C19H25NO. The second-order valence-electron chi connectivity index (χ2n) is 6.41. The van der Waals surface area contributed by atoms with E-state index < -0.39 is 6.10 Å². The van der Waals surface area contributed by atoms with E-state index in [4.69, 9.17) is 0 Å². The Bertz CT molecular complexity index is 618. The van der Waals surface area contributed by atoms with Crippen LogP contribution in [-0.4, -0.2) is 28.6 Å². The van der Waals surface area contributed by atoms with E-state index >= 15 is 0 Å². The molecule has 1 heterocycles. The number of rotatable bonds is 4. The van der Waals surface area contributed by atoms with E-state index in [1.54, 1.807) is 0 Å². The summed E-state index contributed by atoms with van der Waals surface area (Å²) >= 11 is 0. The molecule has 1 aliphatic heterocycles. The molecule has 21 heavy (non-hydrogen) atoms. The highest BCUT2D eigenvalue weighted by Gasteiger charge is 2.39. The molecule has 1 fully saturated rings. The van der Waals surface area contributed by atoms with E-state index in [9.17, 15) is 5.11 Å². The highest BCUT2D eigenvalue weighted by molar-refractivity contribution is 5.83. The predicted octanol–water partition coefficient (Wildman–Crippen LogP) is 4.14. The number of aliphatic hydroxyl groups excluding tert-OH is 1. The summed E-state index contributed by atoms with van der Waals surface area (Å²) in [5.74, 6) is 0. The maximum absolute atomic E-state index is 11.0. The van der Waals surface area contributed by atoms with Crippen LogP contribution in [0.5, 0.6) is 0 Å². The Kier molecular flexibility index (Phi) is 4.01. The normalized spacial score (nSPS) is 20.5. The van der Waals surface area contributed by atoms with Crippen molar-refractivity contribution in [1.82, 2.24) is 4.90 Å². The second-order valence-corrected chi connectivity index (χ2v) is 6.41. The van der Waals surface area contributed by atoms with Gasteiger partial charge in [0.15, 0.2) is 0 Å². The van der Waals surface area contributed by atoms with Crippen molar-refractivity contribution in [3.05, 3.63) is 48.0 Å². The van der Waals surface area contributed by atoms with Gasteiger partial charge in [0.2, 0.25) is 0 Å². The van der Waals surface area contributed by atoms with Gasteiger partial charge in [-0.15, -0.1) is 0 Å². The second kappa shape index (κ2) is 5.78. The molecule has 2 heteroatoms. The van der Waals surface area contributed by atoms with E-state index in [1.807, 2.05) is 0 Å². The number of fused-ring (bicyclic) bond motifs is 1. The number of hydrogen-bond acceptors (Lipinski definition) is 2. The zero-order chi connectivity index (χ0) is 14.9. The van der Waals surface area contributed by atoms with Crippen LogP contribution in [-0.2, 0) is 0 Å². The lowest BCUT2D eigenvalue weighted by molar-refractivity contribution is -0.0139. The van der Waals surface area contributed by atoms with Gasteiger partial charge in [-0.05, 0) is 61.7 Å². The monoisotopic (exact) mass is 283 g/mol. The number of benzene rings is 2. The van der Waals surface area contributed by atoms with Crippen molar-refractivity contribution in [3.63, 3.8) is 0 Å². The molecule has 1 aliphatic rings. The van der Waals surface area contributed by atoms with Crippen LogP contribution < -0.4 is 0 Å². The van der Waals surface area contributed by atoms with Gasteiger partial charge in [0, 0.05) is 5.54 Å². The molecule has 0 spiro atoms. The Balaban J connectivity index is 1.95. The summed E-state index contributed by atoms with van der Waals surface area (Å²) in [5.41, 5.74) is 0.865. The Morgan fingerprint density at radius 3 is 2.43 bits per heavy atom. The van der Waals surface area contributed by atoms with Crippen molar-refractivity contribution in [2.45, 2.75) is 44.8 Å². The van der Waals surface area contributed by atoms with Crippen LogP contribution in [0.15, 0.2) is 42.5 Å². The van der Waals surface area contributed by atoms with Crippen LogP contribution in [0.4, 0.5) is 0 Å². The molecule has 0 aromatic heterocycles. The average Bonchev–Trinajstić information content (AvgIpc) is 3.08. The molecule has 112 valence electrons. The molecule has 0 saturated carbocycles. The fourth-order valence-electron chi connectivity index (χ4n) is 3.55. The van der Waals surface area contributed by atoms with Gasteiger partial charge in [-0.1, -0.05) is 43.3 Å². The molecule has 2 unspecified atom stereocenters. The van der Waals surface area contributed by atoms with E-state index in [-0.39, 0.29) is 5.54 Å². The average molecular weight is 283 g/mol. The van der Waals surface area contributed by atoms with Gasteiger partial charge < -0.3 is 5.11 Å². The third-order valence-corrected chi connectivity index (χ3v) is 5.22. The summed E-state index contributed by atoms with van der Waals surface area (Å²) in [7, 11) is 0. The lowest BCUT2D eigenvalue weighted by Crippen LogP contribution is -2.48. The zero-order valence-corrected chi connectivity index (χ0v) is 13.0. The smallest absolute Gasteiger partial charge is 0.0971 e. The van der Waals surface area contributed by atoms with Crippen molar-refractivity contribution < 1.29 is 5.11 Å². The zero-order valence-electron chi connectivity index (χ0n) is 13.0. The van der Waals surface area contributed by atoms with Crippen LogP contribution in [0, 0.1) is 0 Å². The van der Waals surface area contributed by atoms with Gasteiger partial charge in [0.1, 0.15) is 0 Å². The number of nitrogens with zero attached hydrogens (tertiary/aromatic N) is 1. The van der Waals surface area contributed by atoms with Crippen molar-refractivity contribution in [2.75, 3.05) is 13.1 Å². The first-order valence-electron chi connectivity index (χ1n) is 8.07. The topological polar surface area (TPSA) is 23.5 Å². The highest BCUT2D eigenvalue weighted by atomic mass is 16.3. The van der Waals surface area contributed by atoms with Gasteiger partial charge in [-0.2, -0.15) is 0 Å². The molecule has 2 atom stereocenters. The van der Waals surface area contributed by atoms with Crippen LogP contribution >= 0.6 is 0 Å². The van der Waals surface area contributed by atoms with Gasteiger partial charge in [-0.25, -0.2) is 0 Å². The Labute approximate surface area is 127 Å². The fourth-order valence-corrected chi connectivity index (χ4v) is 3.55. The summed E-state index contributed by atoms with van der Waals surface area (Å²) < 4.78 is 0. The number of aliphatic hydroxyl groups is 1. The number of likely N-dealkylation sites (tertiary alicyclic amines) is 1. The number of hydrogen-bond donors (Lipinski definition) is 1. The van der Waals surface area contributed by atoms with Crippen LogP contribution in [0.1, 0.15) is 44.8 Å². The first-order valence-corrected chi connectivity index (χ1v) is 8.07. The molecule has 2 aromatic rings. The largest absolute Gasteiger partial charge is 0.386 e. The van der Waals surface area contributed by atoms with E-state index in [0.29, 0.717) is 0 Å². The summed E-state index contributed by atoms with van der Waals surface area (Å²) in [4.78, 5) is 2.47. The summed E-state index contributed by atoms with van der Waals surface area (Å²) in [6, 6.07) is 14.7. The van der Waals surface area contributed by atoms with Gasteiger partial charge in [0.25, 0.3) is 0 Å². The maximum atomic E-state index is 11.0. The highest BCUT2D eigenvalue weighted by Crippen LogP contribution is 2.37. The summed E-state index contributed by atoms with van der Waals surface area (Å²) in [6.45, 7) is 6.60. The SMILES string of the molecule is CCC(C)(C(O)c1ccc2ccccc2c1)N1CCCC1. The quantitative estimate of drug-likeness (QED) is 0.911. The lowest BCUT2D eigenvalue weighted by Gasteiger charge is -2.42. The summed E-state index contributed by atoms with van der Waals surface area (Å²) in [6.07, 6.45) is 3.02. The Morgan fingerprint density at radius 1 is 1.10 bits per heavy atom. The van der Waals surface area contributed by atoms with Crippen LogP contribution in [0.25, 0.3) is 10.8 Å². The van der Waals surface area contributed by atoms with Crippen molar-refractivity contribution >= 4 is 10.8 Å². The standard InChI is InChI=1S/C19H25NO/c1-3-19(2,20-12-6-7-13-20)18(21)17-11-10-15-8-4-5-9-16(15)14-17/h4-5,8-11,14,18,21H,3,6-7,12-13H2,1-2H3. The molecule has 1 N–H and O–H groups in total. The van der Waals surface area contributed by atoms with E-state index in [1.165, 1.54) is 23.6 Å². The minimum absolute atomic E-state index is 0.168. The third kappa shape index (κ3) is 2.58. The lowest BCUT2D eigenvalue weighted by atomic mass is 9.85. The first kappa shape index (κ1) is 14.6. The fraction of sp³-hybridized carbons (Fsp3) is 0.474. The molecule has 0 amide bonds. The molecule has 2 aromatic carbocycles. The third-order valence-electron chi connectivity index (χ3n) is 5.22. The maximum Gasteiger partial charge on any atom is 0.0971 e. The van der Waals surface area contributed by atoms with Crippen molar-refractivity contribution in [2.24, 2.45) is 0 Å². The van der Waals surface area contributed by atoms with Crippen molar-refractivity contribution in [3.8, 4) is 0 Å². The minimum atomic E-state index is -0.440. The predicted molar refractivity (Wildman–Crippen MR) is 88.4 cm³/mol. The summed E-state index contributed by atoms with van der Waals surface area (Å²) in [5, 5.41) is 13.4. The van der Waals surface area contributed by atoms with Crippen LogP contribution in [0.2, 0.25) is 0 Å². The molecular weight excluding hydrogens is 258 g/mol. The molecule has 1 saturated heterocycles. The molecule has 0 radical (unpaired) electrons. The molecule has 0 aliphatic carbocycles. The molecule has 0 bridgehead atoms. The first-order chi connectivity index (χ1) is 10.1. The minimum Gasteiger partial charge on any atom is -0.386 e. The molecule has 3 rings (SSSR count). The Morgan fingerprint density at radius 2 is 1.76 bits per heavy atom.